The number of anilines is 1. The number of aromatic nitrogens is 2. The zero-order valence-corrected chi connectivity index (χ0v) is 9.34. The monoisotopic (exact) mass is 228 g/mol. The van der Waals surface area contributed by atoms with Crippen molar-refractivity contribution in [1.82, 2.24) is 15.4 Å². The lowest BCUT2D eigenvalue weighted by Gasteiger charge is -2.06. The van der Waals surface area contributed by atoms with Crippen LogP contribution >= 0.6 is 0 Å². The fourth-order valence-corrected chi connectivity index (χ4v) is 1.31. The second-order valence-electron chi connectivity index (χ2n) is 3.44. The van der Waals surface area contributed by atoms with Gasteiger partial charge in [-0.15, -0.1) is 0 Å². The number of rotatable bonds is 3. The molecule has 1 aromatic heterocycles. The van der Waals surface area contributed by atoms with Crippen LogP contribution in [0.4, 0.5) is 5.82 Å². The number of carbonyl (C=O) groups excluding carboxylic acids is 1. The first-order valence-corrected chi connectivity index (χ1v) is 5.17. The molecule has 0 radical (unpaired) electrons. The standard InChI is InChI=1S/C12H12N4O/c1-9(17)15-16-11-7-8-13-12(14-11)10-5-3-2-4-6-10/h2-8H,1H3,(H,15,17)(H,13,14,16). The first-order chi connectivity index (χ1) is 8.25. The van der Waals surface area contributed by atoms with Crippen molar-refractivity contribution >= 4 is 11.7 Å². The van der Waals surface area contributed by atoms with Gasteiger partial charge in [-0.3, -0.25) is 15.6 Å². The molecule has 5 nitrogen and oxygen atoms in total. The maximum Gasteiger partial charge on any atom is 0.235 e. The topological polar surface area (TPSA) is 66.9 Å². The summed E-state index contributed by atoms with van der Waals surface area (Å²) in [7, 11) is 0. The van der Waals surface area contributed by atoms with Gasteiger partial charge in [0.15, 0.2) is 5.82 Å². The molecule has 0 aliphatic carbocycles. The Labute approximate surface area is 98.9 Å². The molecule has 2 N–H and O–H groups in total. The van der Waals surface area contributed by atoms with Crippen LogP contribution in [-0.4, -0.2) is 15.9 Å². The zero-order chi connectivity index (χ0) is 12.1. The maximum absolute atomic E-state index is 10.8. The third-order valence-electron chi connectivity index (χ3n) is 2.05. The smallest absolute Gasteiger partial charge is 0.235 e. The van der Waals surface area contributed by atoms with Crippen molar-refractivity contribution in [3.05, 3.63) is 42.6 Å². The molecular weight excluding hydrogens is 216 g/mol. The van der Waals surface area contributed by atoms with E-state index in [-0.39, 0.29) is 5.91 Å². The van der Waals surface area contributed by atoms with E-state index in [2.05, 4.69) is 20.8 Å². The van der Waals surface area contributed by atoms with Gasteiger partial charge in [0.2, 0.25) is 5.91 Å². The highest BCUT2D eigenvalue weighted by Gasteiger charge is 2.01. The highest BCUT2D eigenvalue weighted by atomic mass is 16.2. The van der Waals surface area contributed by atoms with Crippen LogP contribution in [-0.2, 0) is 4.79 Å². The van der Waals surface area contributed by atoms with E-state index >= 15 is 0 Å². The van der Waals surface area contributed by atoms with Crippen molar-refractivity contribution in [3.8, 4) is 11.4 Å². The number of carbonyl (C=O) groups is 1. The van der Waals surface area contributed by atoms with Crippen LogP contribution < -0.4 is 10.9 Å². The number of hydrogen-bond acceptors (Lipinski definition) is 4. The molecule has 0 spiro atoms. The van der Waals surface area contributed by atoms with Crippen LogP contribution in [0.5, 0.6) is 0 Å². The number of nitrogens with zero attached hydrogens (tertiary/aromatic N) is 2. The maximum atomic E-state index is 10.8. The normalized spacial score (nSPS) is 9.71. The minimum absolute atomic E-state index is 0.176. The Hall–Kier alpha value is -2.43. The van der Waals surface area contributed by atoms with Gasteiger partial charge in [0.25, 0.3) is 0 Å². The summed E-state index contributed by atoms with van der Waals surface area (Å²) in [5.41, 5.74) is 6.09. The average molecular weight is 228 g/mol. The zero-order valence-electron chi connectivity index (χ0n) is 9.34. The minimum Gasteiger partial charge on any atom is -0.282 e. The Morgan fingerprint density at radius 3 is 2.65 bits per heavy atom. The molecule has 0 saturated heterocycles. The number of benzene rings is 1. The fourth-order valence-electron chi connectivity index (χ4n) is 1.31. The second kappa shape index (κ2) is 5.07. The summed E-state index contributed by atoms with van der Waals surface area (Å²) in [5, 5.41) is 0. The van der Waals surface area contributed by atoms with Crippen LogP contribution in [0.3, 0.4) is 0 Å². The number of nitrogens with one attached hydrogen (secondary N) is 2. The third kappa shape index (κ3) is 3.01. The Kier molecular flexibility index (Phi) is 3.30. The van der Waals surface area contributed by atoms with E-state index in [0.29, 0.717) is 11.6 Å². The van der Waals surface area contributed by atoms with E-state index in [0.717, 1.165) is 5.56 Å². The third-order valence-corrected chi connectivity index (χ3v) is 2.05. The number of hydrazine groups is 1. The molecule has 0 saturated carbocycles. The van der Waals surface area contributed by atoms with Gasteiger partial charge in [0.05, 0.1) is 0 Å². The quantitative estimate of drug-likeness (QED) is 0.783. The molecule has 1 heterocycles. The van der Waals surface area contributed by atoms with Crippen molar-refractivity contribution in [2.75, 3.05) is 5.43 Å². The largest absolute Gasteiger partial charge is 0.282 e. The molecule has 0 fully saturated rings. The minimum atomic E-state index is -0.176. The van der Waals surface area contributed by atoms with Crippen LogP contribution in [0.2, 0.25) is 0 Å². The highest BCUT2D eigenvalue weighted by Crippen LogP contribution is 2.14. The van der Waals surface area contributed by atoms with E-state index in [1.54, 1.807) is 12.3 Å². The van der Waals surface area contributed by atoms with Gasteiger partial charge in [-0.05, 0) is 0 Å². The summed E-state index contributed by atoms with van der Waals surface area (Å²) in [6, 6.07) is 11.3. The van der Waals surface area contributed by atoms with E-state index in [1.807, 2.05) is 30.3 Å². The second-order valence-corrected chi connectivity index (χ2v) is 3.44. The van der Waals surface area contributed by atoms with Crippen LogP contribution in [0.25, 0.3) is 11.4 Å². The van der Waals surface area contributed by atoms with Gasteiger partial charge >= 0.3 is 0 Å². The molecule has 1 aromatic carbocycles. The molecule has 86 valence electrons. The lowest BCUT2D eigenvalue weighted by Crippen LogP contribution is -2.27. The fraction of sp³-hybridized carbons (Fsp3) is 0.0833. The summed E-state index contributed by atoms with van der Waals surface area (Å²) >= 11 is 0. The summed E-state index contributed by atoms with van der Waals surface area (Å²) in [6.45, 7) is 1.42. The number of amides is 1. The van der Waals surface area contributed by atoms with Crippen LogP contribution in [0, 0.1) is 0 Å². The Morgan fingerprint density at radius 1 is 1.18 bits per heavy atom. The van der Waals surface area contributed by atoms with E-state index in [1.165, 1.54) is 6.92 Å². The lowest BCUT2D eigenvalue weighted by atomic mass is 10.2. The molecule has 17 heavy (non-hydrogen) atoms. The predicted octanol–water partition coefficient (Wildman–Crippen LogP) is 1.61. The van der Waals surface area contributed by atoms with Gasteiger partial charge in [-0.25, -0.2) is 9.97 Å². The van der Waals surface area contributed by atoms with Gasteiger partial charge < -0.3 is 0 Å². The van der Waals surface area contributed by atoms with Crippen molar-refractivity contribution in [2.24, 2.45) is 0 Å². The molecule has 2 rings (SSSR count). The Bertz CT molecular complexity index is 513. The number of hydrogen-bond donors (Lipinski definition) is 2. The summed E-state index contributed by atoms with van der Waals surface area (Å²) in [5.74, 6) is 0.986. The SMILES string of the molecule is CC(=O)NNc1ccnc(-c2ccccc2)n1. The summed E-state index contributed by atoms with van der Waals surface area (Å²) in [4.78, 5) is 19.2. The molecule has 0 unspecified atom stereocenters. The highest BCUT2D eigenvalue weighted by molar-refractivity contribution is 5.74. The van der Waals surface area contributed by atoms with Crippen molar-refractivity contribution in [3.63, 3.8) is 0 Å². The van der Waals surface area contributed by atoms with Gasteiger partial charge in [-0.2, -0.15) is 0 Å². The van der Waals surface area contributed by atoms with Crippen LogP contribution in [0.15, 0.2) is 42.6 Å². The molecule has 1 amide bonds. The van der Waals surface area contributed by atoms with Gasteiger partial charge in [0.1, 0.15) is 5.82 Å². The first kappa shape index (κ1) is 11.1. The molecule has 0 aliphatic heterocycles. The first-order valence-electron chi connectivity index (χ1n) is 5.17. The molecular formula is C12H12N4O. The summed E-state index contributed by atoms with van der Waals surface area (Å²) < 4.78 is 0. The van der Waals surface area contributed by atoms with E-state index in [9.17, 15) is 4.79 Å². The van der Waals surface area contributed by atoms with E-state index < -0.39 is 0 Å². The van der Waals surface area contributed by atoms with Crippen molar-refractivity contribution < 1.29 is 4.79 Å². The Morgan fingerprint density at radius 2 is 1.94 bits per heavy atom. The van der Waals surface area contributed by atoms with Crippen LogP contribution in [0.1, 0.15) is 6.92 Å². The van der Waals surface area contributed by atoms with Gasteiger partial charge in [0, 0.05) is 24.8 Å². The van der Waals surface area contributed by atoms with Crippen molar-refractivity contribution in [2.45, 2.75) is 6.92 Å². The van der Waals surface area contributed by atoms with E-state index in [4.69, 9.17) is 0 Å². The lowest BCUT2D eigenvalue weighted by molar-refractivity contribution is -0.118. The molecule has 0 aliphatic rings. The molecule has 5 heteroatoms. The molecule has 0 bridgehead atoms. The summed E-state index contributed by atoms with van der Waals surface area (Å²) in [6.07, 6.45) is 1.64. The Balaban J connectivity index is 2.20. The molecule has 2 aromatic rings. The predicted molar refractivity (Wildman–Crippen MR) is 64.9 cm³/mol. The average Bonchev–Trinajstić information content (AvgIpc) is 2.38. The van der Waals surface area contributed by atoms with Gasteiger partial charge in [-0.1, -0.05) is 30.3 Å². The van der Waals surface area contributed by atoms with Crippen molar-refractivity contribution in [1.29, 1.82) is 0 Å². The molecule has 0 atom stereocenters.